The normalized spacial score (nSPS) is 10.0. The van der Waals surface area contributed by atoms with Gasteiger partial charge in [0.05, 0.1) is 6.10 Å². The fourth-order valence-corrected chi connectivity index (χ4v) is 0.804. The van der Waals surface area contributed by atoms with Crippen molar-refractivity contribution in [3.8, 4) is 0 Å². The van der Waals surface area contributed by atoms with E-state index in [1.54, 1.807) is 12.2 Å². The minimum Gasteiger partial charge on any atom is -0.370 e. The largest absolute Gasteiger partial charge is 0.370 e. The highest BCUT2D eigenvalue weighted by molar-refractivity contribution is 4.93. The Morgan fingerprint density at radius 1 is 1.27 bits per heavy atom. The van der Waals surface area contributed by atoms with Gasteiger partial charge in [0.1, 0.15) is 0 Å². The molecule has 0 radical (unpaired) electrons. The maximum Gasteiger partial charge on any atom is 0.0932 e. The molecule has 64 valence electrons. The van der Waals surface area contributed by atoms with E-state index in [1.165, 1.54) is 12.8 Å². The molecule has 0 aliphatic carbocycles. The van der Waals surface area contributed by atoms with E-state index in [4.69, 9.17) is 4.74 Å². The van der Waals surface area contributed by atoms with Crippen LogP contribution in [0.3, 0.4) is 0 Å². The molecule has 0 spiro atoms. The van der Waals surface area contributed by atoms with Gasteiger partial charge in [-0.3, -0.25) is 0 Å². The van der Waals surface area contributed by atoms with Crippen molar-refractivity contribution in [2.45, 2.75) is 32.3 Å². The first-order valence-electron chi connectivity index (χ1n) is 4.21. The van der Waals surface area contributed by atoms with Crippen molar-refractivity contribution in [1.29, 1.82) is 0 Å². The molecule has 0 aromatic rings. The molecule has 11 heavy (non-hydrogen) atoms. The molecule has 0 saturated heterocycles. The molecule has 0 heterocycles. The van der Waals surface area contributed by atoms with Crippen LogP contribution in [0.4, 0.5) is 0 Å². The first kappa shape index (κ1) is 10.4. The molecule has 1 nitrogen and oxygen atoms in total. The smallest absolute Gasteiger partial charge is 0.0932 e. The summed E-state index contributed by atoms with van der Waals surface area (Å²) in [5, 5.41) is 0. The number of hydrogen-bond acceptors (Lipinski definition) is 1. The second-order valence-electron chi connectivity index (χ2n) is 2.51. The van der Waals surface area contributed by atoms with E-state index in [9.17, 15) is 0 Å². The summed E-state index contributed by atoms with van der Waals surface area (Å²) < 4.78 is 5.41. The zero-order valence-electron chi connectivity index (χ0n) is 7.38. The minimum absolute atomic E-state index is 0.0341. The maximum atomic E-state index is 5.41. The molecular weight excluding hydrogens is 136 g/mol. The summed E-state index contributed by atoms with van der Waals surface area (Å²) in [5.41, 5.74) is 0. The predicted molar refractivity (Wildman–Crippen MR) is 49.7 cm³/mol. The molecule has 0 aromatic carbocycles. The second-order valence-corrected chi connectivity index (χ2v) is 2.51. The van der Waals surface area contributed by atoms with E-state index in [-0.39, 0.29) is 6.10 Å². The van der Waals surface area contributed by atoms with Gasteiger partial charge in [-0.25, -0.2) is 0 Å². The molecule has 0 N–H and O–H groups in total. The van der Waals surface area contributed by atoms with Crippen molar-refractivity contribution in [1.82, 2.24) is 0 Å². The summed E-state index contributed by atoms with van der Waals surface area (Å²) in [6.45, 7) is 10.3. The monoisotopic (exact) mass is 154 g/mol. The molecule has 0 amide bonds. The van der Waals surface area contributed by atoms with Gasteiger partial charge in [-0.2, -0.15) is 0 Å². The summed E-state index contributed by atoms with van der Waals surface area (Å²) in [6.07, 6.45) is 7.16. The van der Waals surface area contributed by atoms with Gasteiger partial charge < -0.3 is 4.74 Å². The number of rotatable bonds is 7. The molecule has 0 saturated carbocycles. The Labute approximate surface area is 69.8 Å². The summed E-state index contributed by atoms with van der Waals surface area (Å²) >= 11 is 0. The Kier molecular flexibility index (Phi) is 7.16. The van der Waals surface area contributed by atoms with Crippen LogP contribution in [0, 0.1) is 0 Å². The molecule has 0 unspecified atom stereocenters. The van der Waals surface area contributed by atoms with E-state index in [0.29, 0.717) is 0 Å². The molecule has 0 aliphatic rings. The number of ether oxygens (including phenoxy) is 1. The molecule has 0 aliphatic heterocycles. The van der Waals surface area contributed by atoms with Gasteiger partial charge in [-0.1, -0.05) is 31.9 Å². The van der Waals surface area contributed by atoms with Crippen molar-refractivity contribution < 1.29 is 4.74 Å². The third kappa shape index (κ3) is 5.86. The fourth-order valence-electron chi connectivity index (χ4n) is 0.804. The Morgan fingerprint density at radius 3 is 2.36 bits per heavy atom. The van der Waals surface area contributed by atoms with E-state index < -0.39 is 0 Å². The van der Waals surface area contributed by atoms with Crippen molar-refractivity contribution >= 4 is 0 Å². The molecule has 1 heteroatoms. The third-order valence-electron chi connectivity index (χ3n) is 1.52. The summed E-state index contributed by atoms with van der Waals surface area (Å²) in [5.74, 6) is 0. The van der Waals surface area contributed by atoms with Crippen LogP contribution in [-0.4, -0.2) is 12.7 Å². The third-order valence-corrected chi connectivity index (χ3v) is 1.52. The lowest BCUT2D eigenvalue weighted by molar-refractivity contribution is 0.112. The number of hydrogen-bond donors (Lipinski definition) is 0. The average Bonchev–Trinajstić information content (AvgIpc) is 2.05. The van der Waals surface area contributed by atoms with Crippen molar-refractivity contribution in [3.63, 3.8) is 0 Å². The van der Waals surface area contributed by atoms with Gasteiger partial charge in [0.2, 0.25) is 0 Å². The zero-order valence-corrected chi connectivity index (χ0v) is 7.38. The fraction of sp³-hybridized carbons (Fsp3) is 0.600. The van der Waals surface area contributed by atoms with Crippen LogP contribution in [0.5, 0.6) is 0 Å². The van der Waals surface area contributed by atoms with Gasteiger partial charge in [0.25, 0.3) is 0 Å². The first-order valence-corrected chi connectivity index (χ1v) is 4.21. The van der Waals surface area contributed by atoms with Crippen LogP contribution in [0.25, 0.3) is 0 Å². The number of unbranched alkanes of at least 4 members (excludes halogenated alkanes) is 2. The zero-order chi connectivity index (χ0) is 8.53. The van der Waals surface area contributed by atoms with Crippen LogP contribution in [0.1, 0.15) is 26.2 Å². The predicted octanol–water partition coefficient (Wildman–Crippen LogP) is 2.93. The average molecular weight is 154 g/mol. The van der Waals surface area contributed by atoms with Crippen LogP contribution in [0.2, 0.25) is 0 Å². The summed E-state index contributed by atoms with van der Waals surface area (Å²) in [6, 6.07) is 0. The maximum absolute atomic E-state index is 5.41. The minimum atomic E-state index is 0.0341. The van der Waals surface area contributed by atoms with Gasteiger partial charge in [0, 0.05) is 6.61 Å². The molecule has 0 fully saturated rings. The Morgan fingerprint density at radius 2 is 1.91 bits per heavy atom. The Bertz CT molecular complexity index is 99.4. The van der Waals surface area contributed by atoms with Crippen LogP contribution in [-0.2, 0) is 4.74 Å². The second kappa shape index (κ2) is 7.55. The van der Waals surface area contributed by atoms with E-state index in [2.05, 4.69) is 20.1 Å². The lowest BCUT2D eigenvalue weighted by atomic mass is 10.2. The van der Waals surface area contributed by atoms with Crippen molar-refractivity contribution in [2.24, 2.45) is 0 Å². The van der Waals surface area contributed by atoms with Gasteiger partial charge >= 0.3 is 0 Å². The van der Waals surface area contributed by atoms with E-state index >= 15 is 0 Å². The molecule has 0 rings (SSSR count). The molecular formula is C10H18O. The first-order chi connectivity index (χ1) is 5.35. The highest BCUT2D eigenvalue weighted by atomic mass is 16.5. The standard InChI is InChI=1S/C10H18O/c1-4-7-8-9-11-10(5-2)6-3/h5-6,10H,2-4,7-9H2,1H3. The Hall–Kier alpha value is -0.560. The molecule has 0 aromatic heterocycles. The quantitative estimate of drug-likeness (QED) is 0.404. The van der Waals surface area contributed by atoms with Crippen LogP contribution < -0.4 is 0 Å². The van der Waals surface area contributed by atoms with Gasteiger partial charge in [-0.15, -0.1) is 13.2 Å². The van der Waals surface area contributed by atoms with Gasteiger partial charge in [-0.05, 0) is 6.42 Å². The summed E-state index contributed by atoms with van der Waals surface area (Å²) in [7, 11) is 0. The lowest BCUT2D eigenvalue weighted by Crippen LogP contribution is -2.06. The van der Waals surface area contributed by atoms with Crippen molar-refractivity contribution in [3.05, 3.63) is 25.3 Å². The SMILES string of the molecule is C=CC(C=C)OCCCCC. The van der Waals surface area contributed by atoms with Gasteiger partial charge in [0.15, 0.2) is 0 Å². The lowest BCUT2D eigenvalue weighted by Gasteiger charge is -2.07. The van der Waals surface area contributed by atoms with Crippen LogP contribution in [0.15, 0.2) is 25.3 Å². The van der Waals surface area contributed by atoms with Crippen molar-refractivity contribution in [2.75, 3.05) is 6.61 Å². The summed E-state index contributed by atoms with van der Waals surface area (Å²) in [4.78, 5) is 0. The Balaban J connectivity index is 3.21. The van der Waals surface area contributed by atoms with E-state index in [0.717, 1.165) is 13.0 Å². The van der Waals surface area contributed by atoms with Crippen LogP contribution >= 0.6 is 0 Å². The van der Waals surface area contributed by atoms with E-state index in [1.807, 2.05) is 0 Å². The highest BCUT2D eigenvalue weighted by Gasteiger charge is 1.95. The molecule has 0 bridgehead atoms. The highest BCUT2D eigenvalue weighted by Crippen LogP contribution is 1.99. The molecule has 0 atom stereocenters. The topological polar surface area (TPSA) is 9.23 Å².